The third-order valence-corrected chi connectivity index (χ3v) is 3.42. The minimum absolute atomic E-state index is 0.0778. The van der Waals surface area contributed by atoms with Gasteiger partial charge in [0.2, 0.25) is 0 Å². The van der Waals surface area contributed by atoms with Gasteiger partial charge in [0, 0.05) is 4.91 Å². The summed E-state index contributed by atoms with van der Waals surface area (Å²) in [6, 6.07) is 9.46. The van der Waals surface area contributed by atoms with Gasteiger partial charge < -0.3 is 5.11 Å². The average Bonchev–Trinajstić information content (AvgIpc) is 2.38. The average molecular weight is 247 g/mol. The van der Waals surface area contributed by atoms with Crippen LogP contribution in [0.15, 0.2) is 29.2 Å². The summed E-state index contributed by atoms with van der Waals surface area (Å²) < 4.78 is 0. The van der Waals surface area contributed by atoms with Gasteiger partial charge in [0.25, 0.3) is 0 Å². The van der Waals surface area contributed by atoms with Crippen molar-refractivity contribution in [2.24, 2.45) is 0 Å². The zero-order valence-electron chi connectivity index (χ0n) is 10.0. The van der Waals surface area contributed by atoms with Crippen LogP contribution in [0.2, 0.25) is 0 Å². The number of hydrogen-bond acceptors (Lipinski definition) is 3. The molecule has 1 aromatic rings. The first-order valence-corrected chi connectivity index (χ1v) is 6.73. The summed E-state index contributed by atoms with van der Waals surface area (Å²) in [7, 11) is 0. The Bertz CT molecular complexity index is 403. The van der Waals surface area contributed by atoms with Crippen LogP contribution in [0.3, 0.4) is 0 Å². The van der Waals surface area contributed by atoms with Crippen LogP contribution in [0.4, 0.5) is 0 Å². The Hall–Kier alpha value is -1.24. The fraction of sp³-hybridized carbons (Fsp3) is 0.357. The Balaban J connectivity index is 2.66. The van der Waals surface area contributed by atoms with Gasteiger partial charge in [-0.25, -0.2) is 0 Å². The molecule has 1 aromatic carbocycles. The molecular formula is C14H17NOS. The largest absolute Gasteiger partial charge is 0.391 e. The molecule has 0 amide bonds. The van der Waals surface area contributed by atoms with Crippen LogP contribution in [-0.4, -0.2) is 17.5 Å². The highest BCUT2D eigenvalue weighted by Gasteiger charge is 1.98. The molecule has 0 unspecified atom stereocenters. The molecule has 90 valence electrons. The van der Waals surface area contributed by atoms with Gasteiger partial charge in [-0.3, -0.25) is 0 Å². The molecule has 0 aliphatic rings. The molecule has 1 rings (SSSR count). The lowest BCUT2D eigenvalue weighted by Crippen LogP contribution is -1.88. The van der Waals surface area contributed by atoms with E-state index in [0.29, 0.717) is 5.56 Å². The van der Waals surface area contributed by atoms with Gasteiger partial charge in [-0.1, -0.05) is 25.5 Å². The van der Waals surface area contributed by atoms with E-state index in [1.165, 1.54) is 6.42 Å². The fourth-order valence-electron chi connectivity index (χ4n) is 1.32. The van der Waals surface area contributed by atoms with Gasteiger partial charge in [0.1, 0.15) is 0 Å². The summed E-state index contributed by atoms with van der Waals surface area (Å²) in [6.07, 6.45) is 4.30. The van der Waals surface area contributed by atoms with Crippen molar-refractivity contribution in [2.75, 3.05) is 12.4 Å². The molecule has 2 nitrogen and oxygen atoms in total. The molecule has 0 bridgehead atoms. The van der Waals surface area contributed by atoms with Crippen LogP contribution in [0.1, 0.15) is 30.9 Å². The van der Waals surface area contributed by atoms with E-state index in [1.54, 1.807) is 23.9 Å². The number of aliphatic hydroxyl groups is 1. The SMILES string of the molecule is CCCCS/C(=C/c1ccc(C#N)cc1)CO. The normalized spacial score (nSPS) is 11.2. The second kappa shape index (κ2) is 7.94. The Morgan fingerprint density at radius 3 is 2.65 bits per heavy atom. The molecule has 3 heteroatoms. The molecule has 0 atom stereocenters. The third-order valence-electron chi connectivity index (χ3n) is 2.31. The van der Waals surface area contributed by atoms with Gasteiger partial charge in [-0.2, -0.15) is 5.26 Å². The summed E-state index contributed by atoms with van der Waals surface area (Å²) in [5, 5.41) is 17.9. The maximum atomic E-state index is 9.25. The van der Waals surface area contributed by atoms with Gasteiger partial charge in [0.15, 0.2) is 0 Å². The Morgan fingerprint density at radius 1 is 1.41 bits per heavy atom. The fourth-order valence-corrected chi connectivity index (χ4v) is 2.33. The smallest absolute Gasteiger partial charge is 0.0991 e. The first-order chi connectivity index (χ1) is 8.30. The summed E-state index contributed by atoms with van der Waals surface area (Å²) >= 11 is 1.70. The van der Waals surface area contributed by atoms with Crippen LogP contribution in [0.25, 0.3) is 6.08 Å². The van der Waals surface area contributed by atoms with Crippen LogP contribution in [0, 0.1) is 11.3 Å². The van der Waals surface area contributed by atoms with Crippen LogP contribution < -0.4 is 0 Å². The lowest BCUT2D eigenvalue weighted by atomic mass is 10.1. The van der Waals surface area contributed by atoms with E-state index in [0.717, 1.165) is 22.6 Å². The molecule has 17 heavy (non-hydrogen) atoms. The molecule has 0 spiro atoms. The number of nitriles is 1. The molecular weight excluding hydrogens is 230 g/mol. The number of thioether (sulfide) groups is 1. The summed E-state index contributed by atoms with van der Waals surface area (Å²) in [6.45, 7) is 2.23. The van der Waals surface area contributed by atoms with Gasteiger partial charge >= 0.3 is 0 Å². The number of unbranched alkanes of at least 4 members (excludes halogenated alkanes) is 1. The molecule has 0 fully saturated rings. The lowest BCUT2D eigenvalue weighted by molar-refractivity contribution is 0.340. The van der Waals surface area contributed by atoms with Gasteiger partial charge in [-0.15, -0.1) is 11.8 Å². The Morgan fingerprint density at radius 2 is 2.12 bits per heavy atom. The molecule has 0 saturated carbocycles. The standard InChI is InChI=1S/C14H17NOS/c1-2-3-8-17-14(11-16)9-12-4-6-13(10-15)7-5-12/h4-7,9,16H,2-3,8,11H2,1H3/b14-9+. The summed E-state index contributed by atoms with van der Waals surface area (Å²) in [4.78, 5) is 0.975. The van der Waals surface area contributed by atoms with E-state index >= 15 is 0 Å². The van der Waals surface area contributed by atoms with Crippen LogP contribution >= 0.6 is 11.8 Å². The topological polar surface area (TPSA) is 44.0 Å². The first-order valence-electron chi connectivity index (χ1n) is 5.74. The van der Waals surface area contributed by atoms with Crippen LogP contribution in [0.5, 0.6) is 0 Å². The molecule has 0 aromatic heterocycles. The van der Waals surface area contributed by atoms with Crippen molar-refractivity contribution in [1.29, 1.82) is 5.26 Å². The van der Waals surface area contributed by atoms with Crippen molar-refractivity contribution in [1.82, 2.24) is 0 Å². The monoisotopic (exact) mass is 247 g/mol. The quantitative estimate of drug-likeness (QED) is 0.783. The van der Waals surface area contributed by atoms with E-state index in [2.05, 4.69) is 13.0 Å². The number of nitrogens with zero attached hydrogens (tertiary/aromatic N) is 1. The predicted octanol–water partition coefficient (Wildman–Crippen LogP) is 3.42. The van der Waals surface area contributed by atoms with Gasteiger partial charge in [-0.05, 0) is 35.9 Å². The second-order valence-electron chi connectivity index (χ2n) is 3.70. The zero-order chi connectivity index (χ0) is 12.5. The Kier molecular flexibility index (Phi) is 6.46. The van der Waals surface area contributed by atoms with Crippen molar-refractivity contribution < 1.29 is 5.11 Å². The minimum atomic E-state index is 0.0778. The van der Waals surface area contributed by atoms with E-state index < -0.39 is 0 Å². The van der Waals surface area contributed by atoms with E-state index in [1.807, 2.05) is 18.2 Å². The predicted molar refractivity (Wildman–Crippen MR) is 73.6 cm³/mol. The molecule has 0 aliphatic heterocycles. The Labute approximate surface area is 107 Å². The molecule has 0 saturated heterocycles. The minimum Gasteiger partial charge on any atom is -0.391 e. The molecule has 0 aliphatic carbocycles. The molecule has 0 heterocycles. The highest BCUT2D eigenvalue weighted by atomic mass is 32.2. The number of rotatable bonds is 6. The van der Waals surface area contributed by atoms with Crippen molar-refractivity contribution in [3.8, 4) is 6.07 Å². The highest BCUT2D eigenvalue weighted by molar-refractivity contribution is 8.03. The number of hydrogen-bond donors (Lipinski definition) is 1. The molecule has 0 radical (unpaired) electrons. The lowest BCUT2D eigenvalue weighted by Gasteiger charge is -2.03. The maximum absolute atomic E-state index is 9.25. The van der Waals surface area contributed by atoms with Crippen molar-refractivity contribution in [3.05, 3.63) is 40.3 Å². The number of aliphatic hydroxyl groups excluding tert-OH is 1. The van der Waals surface area contributed by atoms with Crippen molar-refractivity contribution >= 4 is 17.8 Å². The zero-order valence-corrected chi connectivity index (χ0v) is 10.8. The third kappa shape index (κ3) is 5.08. The van der Waals surface area contributed by atoms with Gasteiger partial charge in [0.05, 0.1) is 18.2 Å². The first kappa shape index (κ1) is 13.8. The summed E-state index contributed by atoms with van der Waals surface area (Å²) in [5.74, 6) is 1.04. The van der Waals surface area contributed by atoms with Crippen molar-refractivity contribution in [3.63, 3.8) is 0 Å². The highest BCUT2D eigenvalue weighted by Crippen LogP contribution is 2.20. The second-order valence-corrected chi connectivity index (χ2v) is 4.93. The maximum Gasteiger partial charge on any atom is 0.0991 e. The van der Waals surface area contributed by atoms with Crippen molar-refractivity contribution in [2.45, 2.75) is 19.8 Å². The van der Waals surface area contributed by atoms with E-state index in [4.69, 9.17) is 5.26 Å². The van der Waals surface area contributed by atoms with E-state index in [-0.39, 0.29) is 6.61 Å². The van der Waals surface area contributed by atoms with E-state index in [9.17, 15) is 5.11 Å². The summed E-state index contributed by atoms with van der Waals surface area (Å²) in [5.41, 5.74) is 1.68. The van der Waals surface area contributed by atoms with Crippen LogP contribution in [-0.2, 0) is 0 Å². The number of benzene rings is 1. The molecule has 1 N–H and O–H groups in total.